The molecule has 2 aromatic carbocycles. The van der Waals surface area contributed by atoms with Gasteiger partial charge in [-0.15, -0.1) is 0 Å². The van der Waals surface area contributed by atoms with Gasteiger partial charge in [-0.25, -0.2) is 4.39 Å². The number of halogens is 2. The molecule has 0 saturated carbocycles. The van der Waals surface area contributed by atoms with Crippen molar-refractivity contribution in [3.05, 3.63) is 57.8 Å². The monoisotopic (exact) mass is 449 g/mol. The molecule has 2 aromatic rings. The van der Waals surface area contributed by atoms with Crippen molar-refractivity contribution in [2.24, 2.45) is 0 Å². The van der Waals surface area contributed by atoms with Gasteiger partial charge < -0.3 is 19.1 Å². The SMILES string of the molecule is COc1cc(OC)c(C2=CCN(C(=O)c3cc(Br)ccc3F)CC2)c(OC)c1. The smallest absolute Gasteiger partial charge is 0.257 e. The molecule has 0 aromatic heterocycles. The number of nitrogens with zero attached hydrogens (tertiary/aromatic N) is 1. The lowest BCUT2D eigenvalue weighted by Gasteiger charge is -2.28. The molecule has 1 amide bonds. The van der Waals surface area contributed by atoms with E-state index in [-0.39, 0.29) is 11.5 Å². The minimum absolute atomic E-state index is 0.0610. The van der Waals surface area contributed by atoms with Crippen LogP contribution in [0.3, 0.4) is 0 Å². The lowest BCUT2D eigenvalue weighted by atomic mass is 9.96. The zero-order valence-electron chi connectivity index (χ0n) is 15.9. The maximum atomic E-state index is 14.1. The molecule has 1 heterocycles. The molecule has 3 rings (SSSR count). The first-order valence-electron chi connectivity index (χ1n) is 8.72. The Morgan fingerprint density at radius 2 is 1.75 bits per heavy atom. The number of rotatable bonds is 5. The standard InChI is InChI=1S/C21H21BrFNO4/c1-26-15-11-18(27-2)20(19(12-15)28-3)13-6-8-24(9-7-13)21(25)16-10-14(22)4-5-17(16)23/h4-6,10-12H,7-9H2,1-3H3. The van der Waals surface area contributed by atoms with Gasteiger partial charge in [-0.05, 0) is 30.2 Å². The Morgan fingerprint density at radius 1 is 1.07 bits per heavy atom. The van der Waals surface area contributed by atoms with E-state index in [4.69, 9.17) is 14.2 Å². The molecule has 0 aliphatic carbocycles. The van der Waals surface area contributed by atoms with Crippen molar-refractivity contribution in [1.82, 2.24) is 4.90 Å². The van der Waals surface area contributed by atoms with Crippen LogP contribution in [-0.4, -0.2) is 45.2 Å². The van der Waals surface area contributed by atoms with Gasteiger partial charge in [0.2, 0.25) is 0 Å². The Hall–Kier alpha value is -2.54. The second-order valence-electron chi connectivity index (χ2n) is 6.26. The summed E-state index contributed by atoms with van der Waals surface area (Å²) in [6.07, 6.45) is 2.55. The molecule has 0 bridgehead atoms. The summed E-state index contributed by atoms with van der Waals surface area (Å²) in [4.78, 5) is 14.3. The molecule has 28 heavy (non-hydrogen) atoms. The molecule has 148 valence electrons. The van der Waals surface area contributed by atoms with Crippen molar-refractivity contribution in [1.29, 1.82) is 0 Å². The van der Waals surface area contributed by atoms with E-state index in [1.807, 2.05) is 6.08 Å². The van der Waals surface area contributed by atoms with E-state index in [1.54, 1.807) is 44.4 Å². The third kappa shape index (κ3) is 3.99. The van der Waals surface area contributed by atoms with Crippen LogP contribution < -0.4 is 14.2 Å². The molecule has 0 unspecified atom stereocenters. The third-order valence-corrected chi connectivity index (χ3v) is 5.18. The third-order valence-electron chi connectivity index (χ3n) is 4.69. The highest BCUT2D eigenvalue weighted by molar-refractivity contribution is 9.10. The Labute approximate surface area is 171 Å². The highest BCUT2D eigenvalue weighted by Gasteiger charge is 2.25. The van der Waals surface area contributed by atoms with Gasteiger partial charge in [-0.1, -0.05) is 22.0 Å². The maximum Gasteiger partial charge on any atom is 0.257 e. The summed E-state index contributed by atoms with van der Waals surface area (Å²) in [6.45, 7) is 0.841. The van der Waals surface area contributed by atoms with Crippen LogP contribution in [-0.2, 0) is 0 Å². The summed E-state index contributed by atoms with van der Waals surface area (Å²) < 4.78 is 31.0. The Kier molecular flexibility index (Phi) is 6.24. The van der Waals surface area contributed by atoms with Gasteiger partial charge in [0.15, 0.2) is 0 Å². The summed E-state index contributed by atoms with van der Waals surface area (Å²) in [5.41, 5.74) is 1.91. The molecule has 5 nitrogen and oxygen atoms in total. The largest absolute Gasteiger partial charge is 0.496 e. The van der Waals surface area contributed by atoms with Crippen LogP contribution in [0.1, 0.15) is 22.3 Å². The van der Waals surface area contributed by atoms with Crippen molar-refractivity contribution in [3.8, 4) is 17.2 Å². The number of methoxy groups -OCH3 is 3. The molecule has 0 fully saturated rings. The fourth-order valence-electron chi connectivity index (χ4n) is 3.23. The molecule has 0 radical (unpaired) electrons. The van der Waals surface area contributed by atoms with Gasteiger partial charge in [-0.2, -0.15) is 0 Å². The van der Waals surface area contributed by atoms with E-state index in [9.17, 15) is 9.18 Å². The molecule has 1 aliphatic heterocycles. The van der Waals surface area contributed by atoms with Crippen molar-refractivity contribution in [2.45, 2.75) is 6.42 Å². The van der Waals surface area contributed by atoms with Crippen LogP contribution in [0.25, 0.3) is 5.57 Å². The van der Waals surface area contributed by atoms with E-state index in [0.717, 1.165) is 11.1 Å². The number of ether oxygens (including phenoxy) is 3. The Bertz CT molecular complexity index is 904. The van der Waals surface area contributed by atoms with Crippen LogP contribution in [0.4, 0.5) is 4.39 Å². The molecular formula is C21H21BrFNO4. The van der Waals surface area contributed by atoms with Gasteiger partial charge in [0, 0.05) is 29.7 Å². The summed E-state index contributed by atoms with van der Waals surface area (Å²) >= 11 is 3.28. The first-order chi connectivity index (χ1) is 13.5. The van der Waals surface area contributed by atoms with Crippen LogP contribution in [0.2, 0.25) is 0 Å². The highest BCUT2D eigenvalue weighted by Crippen LogP contribution is 2.41. The summed E-state index contributed by atoms with van der Waals surface area (Å²) in [7, 11) is 4.76. The number of hydrogen-bond donors (Lipinski definition) is 0. The molecule has 0 saturated heterocycles. The second kappa shape index (κ2) is 8.65. The van der Waals surface area contributed by atoms with Gasteiger partial charge in [0.1, 0.15) is 23.1 Å². The average molecular weight is 450 g/mol. The summed E-state index contributed by atoms with van der Waals surface area (Å²) in [6, 6.07) is 7.96. The topological polar surface area (TPSA) is 48.0 Å². The summed E-state index contributed by atoms with van der Waals surface area (Å²) in [5, 5.41) is 0. The number of carbonyl (C=O) groups excluding carboxylic acids is 1. The van der Waals surface area contributed by atoms with Gasteiger partial charge >= 0.3 is 0 Å². The van der Waals surface area contributed by atoms with Crippen molar-refractivity contribution in [2.75, 3.05) is 34.4 Å². The fourth-order valence-corrected chi connectivity index (χ4v) is 3.60. The normalized spacial score (nSPS) is 13.8. The Morgan fingerprint density at radius 3 is 2.29 bits per heavy atom. The van der Waals surface area contributed by atoms with Crippen LogP contribution in [0, 0.1) is 5.82 Å². The lowest BCUT2D eigenvalue weighted by molar-refractivity contribution is 0.0768. The second-order valence-corrected chi connectivity index (χ2v) is 7.18. The molecule has 0 atom stereocenters. The number of benzene rings is 2. The van der Waals surface area contributed by atoms with Crippen LogP contribution in [0.5, 0.6) is 17.2 Å². The van der Waals surface area contributed by atoms with E-state index in [0.29, 0.717) is 41.2 Å². The van der Waals surface area contributed by atoms with Crippen molar-refractivity contribution in [3.63, 3.8) is 0 Å². The minimum Gasteiger partial charge on any atom is -0.496 e. The number of carbonyl (C=O) groups is 1. The van der Waals surface area contributed by atoms with Crippen molar-refractivity contribution < 1.29 is 23.4 Å². The lowest BCUT2D eigenvalue weighted by Crippen LogP contribution is -2.35. The number of hydrogen-bond acceptors (Lipinski definition) is 4. The Balaban J connectivity index is 1.88. The van der Waals surface area contributed by atoms with E-state index in [2.05, 4.69) is 15.9 Å². The predicted octanol–water partition coefficient (Wildman–Crippen LogP) is 4.54. The van der Waals surface area contributed by atoms with Gasteiger partial charge in [-0.3, -0.25) is 4.79 Å². The van der Waals surface area contributed by atoms with Gasteiger partial charge in [0.25, 0.3) is 5.91 Å². The van der Waals surface area contributed by atoms with Crippen LogP contribution in [0.15, 0.2) is 40.9 Å². The molecular weight excluding hydrogens is 429 g/mol. The van der Waals surface area contributed by atoms with Gasteiger partial charge in [0.05, 0.1) is 32.5 Å². The molecule has 7 heteroatoms. The quantitative estimate of drug-likeness (QED) is 0.671. The first-order valence-corrected chi connectivity index (χ1v) is 9.51. The van der Waals surface area contributed by atoms with E-state index < -0.39 is 5.82 Å². The molecule has 0 N–H and O–H groups in total. The van der Waals surface area contributed by atoms with Crippen LogP contribution >= 0.6 is 15.9 Å². The maximum absolute atomic E-state index is 14.1. The molecule has 0 spiro atoms. The predicted molar refractivity (Wildman–Crippen MR) is 109 cm³/mol. The summed E-state index contributed by atoms with van der Waals surface area (Å²) in [5.74, 6) is 1.06. The number of amides is 1. The minimum atomic E-state index is -0.526. The van der Waals surface area contributed by atoms with E-state index >= 15 is 0 Å². The molecule has 1 aliphatic rings. The fraction of sp³-hybridized carbons (Fsp3) is 0.286. The highest BCUT2D eigenvalue weighted by atomic mass is 79.9. The van der Waals surface area contributed by atoms with Crippen molar-refractivity contribution >= 4 is 27.4 Å². The zero-order valence-corrected chi connectivity index (χ0v) is 17.5. The van der Waals surface area contributed by atoms with E-state index in [1.165, 1.54) is 12.1 Å². The first kappa shape index (κ1) is 20.2. The zero-order chi connectivity index (χ0) is 20.3. The average Bonchev–Trinajstić information content (AvgIpc) is 2.74.